The average Bonchev–Trinajstić information content (AvgIpc) is 3.01. The van der Waals surface area contributed by atoms with E-state index in [1.165, 1.54) is 10.9 Å². The number of aryl methyl sites for hydroxylation is 1. The number of para-hydroxylation sites is 1. The Labute approximate surface area is 171 Å². The van der Waals surface area contributed by atoms with Crippen LogP contribution in [0.15, 0.2) is 54.9 Å². The Bertz CT molecular complexity index is 1270. The maximum atomic E-state index is 9.73. The summed E-state index contributed by atoms with van der Waals surface area (Å²) in [6.45, 7) is 8.47. The van der Waals surface area contributed by atoms with Gasteiger partial charge in [0.2, 0.25) is 5.69 Å². The zero-order valence-corrected chi connectivity index (χ0v) is 17.5. The predicted molar refractivity (Wildman–Crippen MR) is 112 cm³/mol. The van der Waals surface area contributed by atoms with Crippen molar-refractivity contribution in [2.24, 2.45) is 7.05 Å². The highest BCUT2D eigenvalue weighted by Crippen LogP contribution is 2.32. The Morgan fingerprint density at radius 2 is 1.86 bits per heavy atom. The Hall–Kier alpha value is -3.52. The van der Waals surface area contributed by atoms with Crippen molar-refractivity contribution in [3.05, 3.63) is 71.8 Å². The lowest BCUT2D eigenvalue weighted by atomic mass is 9.98. The molecule has 0 unspecified atom stereocenters. The van der Waals surface area contributed by atoms with Crippen molar-refractivity contribution in [1.82, 2.24) is 9.67 Å². The molecule has 0 aliphatic carbocycles. The number of aromatic nitrogens is 4. The zero-order chi connectivity index (χ0) is 20.7. The summed E-state index contributed by atoms with van der Waals surface area (Å²) in [6, 6.07) is 17.0. The Balaban J connectivity index is 2.11. The fraction of sp³-hybridized carbons (Fsp3) is 0.250. The van der Waals surface area contributed by atoms with E-state index in [0.29, 0.717) is 11.6 Å². The van der Waals surface area contributed by atoms with Crippen LogP contribution in [0.1, 0.15) is 36.8 Å². The number of nitriles is 1. The van der Waals surface area contributed by atoms with Crippen LogP contribution in [0.4, 0.5) is 0 Å². The second-order valence-corrected chi connectivity index (χ2v) is 7.64. The molecule has 29 heavy (non-hydrogen) atoms. The molecule has 2 heterocycles. The molecule has 0 aliphatic heterocycles. The quantitative estimate of drug-likeness (QED) is 0.504. The van der Waals surface area contributed by atoms with Crippen LogP contribution in [0.5, 0.6) is 0 Å². The van der Waals surface area contributed by atoms with Crippen molar-refractivity contribution >= 4 is 10.9 Å². The lowest BCUT2D eigenvalue weighted by Crippen LogP contribution is -2.41. The molecule has 0 radical (unpaired) electrons. The topological polar surface area (TPSA) is 49.4 Å². The van der Waals surface area contributed by atoms with Gasteiger partial charge in [0, 0.05) is 24.6 Å². The highest BCUT2D eigenvalue weighted by atomic mass is 15.4. The lowest BCUT2D eigenvalue weighted by molar-refractivity contribution is -0.743. The van der Waals surface area contributed by atoms with Gasteiger partial charge < -0.3 is 0 Å². The molecule has 0 fully saturated rings. The van der Waals surface area contributed by atoms with E-state index >= 15 is 0 Å². The van der Waals surface area contributed by atoms with Gasteiger partial charge in [0.05, 0.1) is 28.6 Å². The van der Waals surface area contributed by atoms with Gasteiger partial charge in [-0.2, -0.15) is 9.94 Å². The molecule has 0 saturated heterocycles. The van der Waals surface area contributed by atoms with Crippen LogP contribution in [-0.4, -0.2) is 9.67 Å². The molecule has 0 spiro atoms. The lowest BCUT2D eigenvalue weighted by Gasteiger charge is -2.10. The standard InChI is InChI=1S/C24H25N5/c1-16(2)29-22-10-7-6-9-20(22)24(27(29)5)21-13-19(15-25)14-23(17(21)3)28-12-8-11-26-18(28)4/h6-14,16H,1-5H3/q+2. The molecular formula is C24H25N5+2. The third kappa shape index (κ3) is 2.98. The van der Waals surface area contributed by atoms with E-state index in [2.05, 4.69) is 72.5 Å². The highest BCUT2D eigenvalue weighted by molar-refractivity contribution is 5.92. The van der Waals surface area contributed by atoms with Gasteiger partial charge >= 0.3 is 0 Å². The average molecular weight is 383 g/mol. The van der Waals surface area contributed by atoms with Crippen LogP contribution < -0.4 is 9.25 Å². The number of hydrogen-bond donors (Lipinski definition) is 0. The van der Waals surface area contributed by atoms with E-state index < -0.39 is 0 Å². The Morgan fingerprint density at radius 3 is 2.55 bits per heavy atom. The third-order valence-electron chi connectivity index (χ3n) is 5.50. The summed E-state index contributed by atoms with van der Waals surface area (Å²) in [5, 5.41) is 10.9. The van der Waals surface area contributed by atoms with Crippen LogP contribution in [0, 0.1) is 25.2 Å². The van der Waals surface area contributed by atoms with Crippen molar-refractivity contribution in [1.29, 1.82) is 5.26 Å². The van der Waals surface area contributed by atoms with E-state index in [1.54, 1.807) is 6.20 Å². The van der Waals surface area contributed by atoms with Crippen LogP contribution in [0.2, 0.25) is 0 Å². The van der Waals surface area contributed by atoms with Crippen LogP contribution in [0.25, 0.3) is 27.8 Å². The minimum absolute atomic E-state index is 0.313. The van der Waals surface area contributed by atoms with E-state index in [9.17, 15) is 5.26 Å². The fourth-order valence-corrected chi connectivity index (χ4v) is 4.22. The molecule has 0 atom stereocenters. The van der Waals surface area contributed by atoms with Crippen LogP contribution in [0.3, 0.4) is 0 Å². The first kappa shape index (κ1) is 18.8. The fourth-order valence-electron chi connectivity index (χ4n) is 4.22. The minimum Gasteiger partial charge on any atom is -0.200 e. The Morgan fingerprint density at radius 1 is 1.10 bits per heavy atom. The van der Waals surface area contributed by atoms with Gasteiger partial charge in [-0.15, -0.1) is 4.68 Å². The monoisotopic (exact) mass is 383 g/mol. The number of benzene rings is 2. The Kier molecular flexibility index (Phi) is 4.63. The van der Waals surface area contributed by atoms with Gasteiger partial charge in [0.15, 0.2) is 7.05 Å². The molecule has 0 aliphatic rings. The van der Waals surface area contributed by atoms with Crippen LogP contribution >= 0.6 is 0 Å². The molecule has 2 aromatic carbocycles. The van der Waals surface area contributed by atoms with Crippen molar-refractivity contribution in [3.63, 3.8) is 0 Å². The molecule has 4 rings (SSSR count). The summed E-state index contributed by atoms with van der Waals surface area (Å²) in [4.78, 5) is 4.42. The van der Waals surface area contributed by atoms with Gasteiger partial charge in [-0.05, 0) is 39.0 Å². The van der Waals surface area contributed by atoms with Crippen molar-refractivity contribution in [2.75, 3.05) is 0 Å². The smallest absolute Gasteiger partial charge is 0.200 e. The van der Waals surface area contributed by atoms with Crippen LogP contribution in [-0.2, 0) is 7.05 Å². The molecule has 0 saturated carbocycles. The normalized spacial score (nSPS) is 11.2. The maximum absolute atomic E-state index is 9.73. The number of hydrogen-bond acceptors (Lipinski definition) is 2. The molecule has 4 aromatic rings. The van der Waals surface area contributed by atoms with Gasteiger partial charge in [-0.3, -0.25) is 0 Å². The first-order chi connectivity index (χ1) is 13.9. The minimum atomic E-state index is 0.313. The predicted octanol–water partition coefficient (Wildman–Crippen LogP) is 3.87. The molecule has 0 bridgehead atoms. The van der Waals surface area contributed by atoms with Crippen molar-refractivity contribution < 1.29 is 9.25 Å². The van der Waals surface area contributed by atoms with Crippen molar-refractivity contribution in [3.8, 4) is 23.0 Å². The summed E-state index contributed by atoms with van der Waals surface area (Å²) in [6.07, 6.45) is 3.78. The first-order valence-corrected chi connectivity index (χ1v) is 9.82. The molecule has 5 heteroatoms. The summed E-state index contributed by atoms with van der Waals surface area (Å²) in [5.41, 5.74) is 6.10. The van der Waals surface area contributed by atoms with E-state index in [1.807, 2.05) is 35.9 Å². The highest BCUT2D eigenvalue weighted by Gasteiger charge is 2.28. The van der Waals surface area contributed by atoms with E-state index in [4.69, 9.17) is 0 Å². The summed E-state index contributed by atoms with van der Waals surface area (Å²) < 4.78 is 6.55. The summed E-state index contributed by atoms with van der Waals surface area (Å²) in [7, 11) is 2.09. The van der Waals surface area contributed by atoms with Gasteiger partial charge in [0.1, 0.15) is 23.6 Å². The van der Waals surface area contributed by atoms with Gasteiger partial charge in [0.25, 0.3) is 5.82 Å². The van der Waals surface area contributed by atoms with E-state index in [0.717, 1.165) is 28.3 Å². The SMILES string of the molecule is Cc1c(-c2c3ccccc3n(C(C)C)[n+]2C)cc(C#N)cc1-[n+]1cccnc1C. The van der Waals surface area contributed by atoms with Gasteiger partial charge in [-0.25, -0.2) is 4.57 Å². The van der Waals surface area contributed by atoms with Crippen molar-refractivity contribution in [2.45, 2.75) is 33.7 Å². The molecule has 2 aromatic heterocycles. The molecule has 144 valence electrons. The maximum Gasteiger partial charge on any atom is 0.300 e. The van der Waals surface area contributed by atoms with Gasteiger partial charge in [-0.1, -0.05) is 17.1 Å². The van der Waals surface area contributed by atoms with E-state index in [-0.39, 0.29) is 0 Å². The largest absolute Gasteiger partial charge is 0.300 e. The molecule has 0 amide bonds. The molecular weight excluding hydrogens is 358 g/mol. The second-order valence-electron chi connectivity index (χ2n) is 7.64. The number of fused-ring (bicyclic) bond motifs is 1. The second kappa shape index (κ2) is 7.14. The summed E-state index contributed by atoms with van der Waals surface area (Å²) >= 11 is 0. The molecule has 0 N–H and O–H groups in total. The third-order valence-corrected chi connectivity index (χ3v) is 5.50. The molecule has 5 nitrogen and oxygen atoms in total. The number of nitrogens with zero attached hydrogens (tertiary/aromatic N) is 5. The summed E-state index contributed by atoms with van der Waals surface area (Å²) in [5.74, 6) is 0.880. The first-order valence-electron chi connectivity index (χ1n) is 9.82. The zero-order valence-electron chi connectivity index (χ0n) is 17.5. The number of rotatable bonds is 3.